The van der Waals surface area contributed by atoms with Gasteiger partial charge in [0.15, 0.2) is 5.60 Å². The molecule has 88 valence electrons. The van der Waals surface area contributed by atoms with Gasteiger partial charge in [-0.2, -0.15) is 0 Å². The molecule has 0 aromatic carbocycles. The number of fused-ring (bicyclic) bond motifs is 3. The van der Waals surface area contributed by atoms with E-state index in [2.05, 4.69) is 26.7 Å². The molecule has 3 aliphatic rings. The van der Waals surface area contributed by atoms with Crippen LogP contribution in [0, 0.1) is 29.1 Å². The average Bonchev–Trinajstić information content (AvgIpc) is 2.93. The smallest absolute Gasteiger partial charge is 0.155 e. The molecule has 0 aromatic rings. The average molecular weight is 218 g/mol. The van der Waals surface area contributed by atoms with Crippen LogP contribution < -0.4 is 0 Å². The van der Waals surface area contributed by atoms with Gasteiger partial charge in [-0.3, -0.25) is 0 Å². The lowest BCUT2D eigenvalue weighted by Gasteiger charge is -2.53. The van der Waals surface area contributed by atoms with Crippen molar-refractivity contribution in [3.8, 4) is 12.3 Å². The molecule has 1 aliphatic heterocycles. The molecule has 0 unspecified atom stereocenters. The Balaban J connectivity index is 1.95. The monoisotopic (exact) mass is 218 g/mol. The summed E-state index contributed by atoms with van der Waals surface area (Å²) in [7, 11) is 0. The summed E-state index contributed by atoms with van der Waals surface area (Å²) in [5, 5.41) is 0. The second-order valence-corrected chi connectivity index (χ2v) is 6.97. The van der Waals surface area contributed by atoms with Gasteiger partial charge in [-0.1, -0.05) is 33.1 Å². The largest absolute Gasteiger partial charge is 0.352 e. The first-order chi connectivity index (χ1) is 7.45. The Hall–Kier alpha value is -0.480. The lowest BCUT2D eigenvalue weighted by atomic mass is 9.50. The van der Waals surface area contributed by atoms with E-state index < -0.39 is 0 Å². The fraction of sp³-hybridized carbons (Fsp3) is 0.867. The Morgan fingerprint density at radius 2 is 1.94 bits per heavy atom. The molecule has 3 fully saturated rings. The van der Waals surface area contributed by atoms with Crippen LogP contribution in [0.3, 0.4) is 0 Å². The van der Waals surface area contributed by atoms with Gasteiger partial charge < -0.3 is 4.74 Å². The highest BCUT2D eigenvalue weighted by atomic mass is 16.6. The van der Waals surface area contributed by atoms with Gasteiger partial charge in [0.1, 0.15) is 6.10 Å². The molecule has 1 saturated heterocycles. The molecule has 16 heavy (non-hydrogen) atoms. The van der Waals surface area contributed by atoms with Gasteiger partial charge in [-0.05, 0) is 37.0 Å². The van der Waals surface area contributed by atoms with E-state index in [-0.39, 0.29) is 5.60 Å². The first-order valence-corrected chi connectivity index (χ1v) is 6.60. The van der Waals surface area contributed by atoms with E-state index >= 15 is 0 Å². The van der Waals surface area contributed by atoms with Crippen molar-refractivity contribution >= 4 is 0 Å². The summed E-state index contributed by atoms with van der Waals surface area (Å²) < 4.78 is 5.94. The molecule has 0 aromatic heterocycles. The molecule has 3 rings (SSSR count). The molecule has 2 aliphatic carbocycles. The van der Waals surface area contributed by atoms with Crippen LogP contribution >= 0.6 is 0 Å². The van der Waals surface area contributed by atoms with Crippen LogP contribution in [0.4, 0.5) is 0 Å². The summed E-state index contributed by atoms with van der Waals surface area (Å²) in [5.74, 6) is 3.71. The minimum absolute atomic E-state index is 0.168. The molecule has 0 radical (unpaired) electrons. The fourth-order valence-corrected chi connectivity index (χ4v) is 4.77. The zero-order valence-electron chi connectivity index (χ0n) is 10.7. The minimum atomic E-state index is -0.168. The van der Waals surface area contributed by atoms with Crippen LogP contribution in [0.15, 0.2) is 0 Å². The first kappa shape index (κ1) is 10.7. The quantitative estimate of drug-likeness (QED) is 0.448. The van der Waals surface area contributed by atoms with Gasteiger partial charge in [0.05, 0.1) is 0 Å². The number of epoxide rings is 1. The maximum Gasteiger partial charge on any atom is 0.155 e. The number of hydrogen-bond donors (Lipinski definition) is 0. The first-order valence-electron chi connectivity index (χ1n) is 6.60. The summed E-state index contributed by atoms with van der Waals surface area (Å²) in [4.78, 5) is 0. The molecule has 0 spiro atoms. The van der Waals surface area contributed by atoms with Crippen molar-refractivity contribution < 1.29 is 4.74 Å². The van der Waals surface area contributed by atoms with Crippen molar-refractivity contribution in [1.29, 1.82) is 0 Å². The highest BCUT2D eigenvalue weighted by molar-refractivity contribution is 5.29. The van der Waals surface area contributed by atoms with E-state index in [0.29, 0.717) is 16.9 Å². The van der Waals surface area contributed by atoms with Crippen molar-refractivity contribution in [3.05, 3.63) is 0 Å². The molecule has 0 amide bonds. The molecule has 0 bridgehead atoms. The highest BCUT2D eigenvalue weighted by Crippen LogP contribution is 2.66. The van der Waals surface area contributed by atoms with Crippen LogP contribution in [0.2, 0.25) is 0 Å². The third kappa shape index (κ3) is 1.12. The zero-order valence-corrected chi connectivity index (χ0v) is 10.7. The number of rotatable bonds is 0. The number of hydrogen-bond acceptors (Lipinski definition) is 1. The lowest BCUT2D eigenvalue weighted by Crippen LogP contribution is -2.50. The molecular weight excluding hydrogens is 196 g/mol. The topological polar surface area (TPSA) is 12.5 Å². The molecule has 0 N–H and O–H groups in total. The maximum atomic E-state index is 5.94. The van der Waals surface area contributed by atoms with E-state index in [4.69, 9.17) is 11.2 Å². The van der Waals surface area contributed by atoms with Crippen LogP contribution in [0.25, 0.3) is 0 Å². The Morgan fingerprint density at radius 1 is 1.19 bits per heavy atom. The molecular formula is C15H22O. The van der Waals surface area contributed by atoms with Gasteiger partial charge in [0, 0.05) is 5.41 Å². The standard InChI is InChI=1S/C15H22O/c1-5-15-10-7-11-13(2,3)8-6-9-14(11,4)12(15)16-15/h1,11-12H,6-10H2,2-4H3/t11-,12-,14-,15+/m0/s1. The van der Waals surface area contributed by atoms with Crippen molar-refractivity contribution in [2.45, 2.75) is 64.6 Å². The van der Waals surface area contributed by atoms with Gasteiger partial charge in [0.25, 0.3) is 0 Å². The molecule has 1 heterocycles. The molecule has 2 saturated carbocycles. The van der Waals surface area contributed by atoms with Gasteiger partial charge in [-0.25, -0.2) is 0 Å². The normalized spacial score (nSPS) is 53.4. The zero-order chi connectivity index (χ0) is 11.6. The molecule has 4 atom stereocenters. The highest BCUT2D eigenvalue weighted by Gasteiger charge is 2.70. The third-order valence-electron chi connectivity index (χ3n) is 5.62. The van der Waals surface area contributed by atoms with Crippen LogP contribution in [-0.4, -0.2) is 11.7 Å². The predicted molar refractivity (Wildman–Crippen MR) is 64.9 cm³/mol. The van der Waals surface area contributed by atoms with Crippen molar-refractivity contribution in [2.24, 2.45) is 16.7 Å². The van der Waals surface area contributed by atoms with Crippen molar-refractivity contribution in [2.75, 3.05) is 0 Å². The van der Waals surface area contributed by atoms with Crippen LogP contribution in [0.1, 0.15) is 52.9 Å². The van der Waals surface area contributed by atoms with Crippen LogP contribution in [-0.2, 0) is 4.74 Å². The van der Waals surface area contributed by atoms with E-state index in [1.54, 1.807) is 0 Å². The van der Waals surface area contributed by atoms with E-state index in [1.165, 1.54) is 25.7 Å². The molecule has 1 heteroatoms. The third-order valence-corrected chi connectivity index (χ3v) is 5.62. The van der Waals surface area contributed by atoms with Gasteiger partial charge in [-0.15, -0.1) is 6.42 Å². The van der Waals surface area contributed by atoms with Gasteiger partial charge >= 0.3 is 0 Å². The second kappa shape index (κ2) is 2.85. The Bertz CT molecular complexity index is 364. The Kier molecular flexibility index (Phi) is 1.90. The summed E-state index contributed by atoms with van der Waals surface area (Å²) in [6.07, 6.45) is 12.3. The van der Waals surface area contributed by atoms with E-state index in [1.807, 2.05) is 0 Å². The van der Waals surface area contributed by atoms with E-state index in [9.17, 15) is 0 Å². The summed E-state index contributed by atoms with van der Waals surface area (Å²) >= 11 is 0. The number of terminal acetylenes is 1. The number of ether oxygens (including phenoxy) is 1. The maximum absolute atomic E-state index is 5.94. The lowest BCUT2D eigenvalue weighted by molar-refractivity contribution is -0.0300. The fourth-order valence-electron chi connectivity index (χ4n) is 4.77. The molecule has 1 nitrogen and oxygen atoms in total. The van der Waals surface area contributed by atoms with Gasteiger partial charge in [0.2, 0.25) is 0 Å². The second-order valence-electron chi connectivity index (χ2n) is 6.97. The SMILES string of the molecule is C#C[C@@]12CC[C@H]3C(C)(C)CCC[C@]3(C)[C@@H]1O2. The Morgan fingerprint density at radius 3 is 2.62 bits per heavy atom. The minimum Gasteiger partial charge on any atom is -0.352 e. The summed E-state index contributed by atoms with van der Waals surface area (Å²) in [5.41, 5.74) is 0.644. The Labute approximate surface area is 98.9 Å². The van der Waals surface area contributed by atoms with Crippen molar-refractivity contribution in [1.82, 2.24) is 0 Å². The van der Waals surface area contributed by atoms with Crippen molar-refractivity contribution in [3.63, 3.8) is 0 Å². The summed E-state index contributed by atoms with van der Waals surface area (Å²) in [6.45, 7) is 7.28. The predicted octanol–water partition coefficient (Wildman–Crippen LogP) is 3.38. The van der Waals surface area contributed by atoms with Crippen LogP contribution in [0.5, 0.6) is 0 Å². The van der Waals surface area contributed by atoms with E-state index in [0.717, 1.165) is 12.3 Å². The summed E-state index contributed by atoms with van der Waals surface area (Å²) in [6, 6.07) is 0.